The molecule has 1 amide bonds. The minimum absolute atomic E-state index is 0.288. The van der Waals surface area contributed by atoms with Crippen LogP contribution in [0.5, 0.6) is 0 Å². The molecule has 0 aliphatic heterocycles. The minimum Gasteiger partial charge on any atom is -0.481 e. The Morgan fingerprint density at radius 2 is 2.31 bits per heavy atom. The second kappa shape index (κ2) is 5.55. The highest BCUT2D eigenvalue weighted by Crippen LogP contribution is 2.09. The summed E-state index contributed by atoms with van der Waals surface area (Å²) < 4.78 is 0. The molecule has 1 heterocycles. The van der Waals surface area contributed by atoms with Crippen molar-refractivity contribution in [3.63, 3.8) is 0 Å². The van der Waals surface area contributed by atoms with Gasteiger partial charge in [0.25, 0.3) is 5.91 Å². The first-order valence-electron chi connectivity index (χ1n) is 4.85. The van der Waals surface area contributed by atoms with Crippen molar-refractivity contribution in [1.82, 2.24) is 10.3 Å². The van der Waals surface area contributed by atoms with Crippen LogP contribution in [0.3, 0.4) is 0 Å². The molecule has 5 nitrogen and oxygen atoms in total. The maximum absolute atomic E-state index is 11.5. The lowest BCUT2D eigenvalue weighted by molar-refractivity contribution is -0.141. The molecule has 0 aliphatic carbocycles. The van der Waals surface area contributed by atoms with E-state index in [1.165, 1.54) is 12.3 Å². The zero-order valence-corrected chi connectivity index (χ0v) is 9.54. The highest BCUT2D eigenvalue weighted by Gasteiger charge is 2.12. The normalized spacial score (nSPS) is 12.1. The summed E-state index contributed by atoms with van der Waals surface area (Å²) in [4.78, 5) is 24.7. The summed E-state index contributed by atoms with van der Waals surface area (Å²) >= 11 is 5.64. The van der Waals surface area contributed by atoms with Gasteiger partial charge in [0.05, 0.1) is 10.9 Å². The number of carboxylic acids is 1. The number of carbonyl (C=O) groups excluding carboxylic acids is 1. The molecule has 1 atom stereocenters. The SMILES string of the molecule is CC(CCNC(=O)c1cc(Cl)c[nH]1)C(=O)O. The van der Waals surface area contributed by atoms with Crippen LogP contribution in [0, 0.1) is 5.92 Å². The summed E-state index contributed by atoms with van der Waals surface area (Å²) in [6, 6.07) is 1.51. The fraction of sp³-hybridized carbons (Fsp3) is 0.400. The monoisotopic (exact) mass is 244 g/mol. The Bertz CT molecular complexity index is 389. The molecule has 0 saturated heterocycles. The number of carbonyl (C=O) groups is 2. The van der Waals surface area contributed by atoms with Gasteiger partial charge in [0.1, 0.15) is 5.69 Å². The van der Waals surface area contributed by atoms with Gasteiger partial charge in [0, 0.05) is 12.7 Å². The van der Waals surface area contributed by atoms with Crippen LogP contribution in [-0.2, 0) is 4.79 Å². The van der Waals surface area contributed by atoms with Gasteiger partial charge in [-0.15, -0.1) is 0 Å². The Balaban J connectivity index is 2.34. The number of amides is 1. The van der Waals surface area contributed by atoms with Gasteiger partial charge in [0.15, 0.2) is 0 Å². The molecule has 16 heavy (non-hydrogen) atoms. The molecule has 0 radical (unpaired) electrons. The van der Waals surface area contributed by atoms with Crippen molar-refractivity contribution >= 4 is 23.5 Å². The molecule has 1 aromatic rings. The largest absolute Gasteiger partial charge is 0.481 e. The molecule has 1 rings (SSSR count). The summed E-state index contributed by atoms with van der Waals surface area (Å²) in [6.07, 6.45) is 1.91. The number of aromatic amines is 1. The van der Waals surface area contributed by atoms with Crippen molar-refractivity contribution < 1.29 is 14.7 Å². The lowest BCUT2D eigenvalue weighted by Gasteiger charge is -2.06. The maximum Gasteiger partial charge on any atom is 0.306 e. The van der Waals surface area contributed by atoms with E-state index in [0.29, 0.717) is 23.7 Å². The molecule has 1 unspecified atom stereocenters. The summed E-state index contributed by atoms with van der Waals surface area (Å²) in [5.74, 6) is -1.62. The molecule has 0 saturated carbocycles. The van der Waals surface area contributed by atoms with Gasteiger partial charge in [-0.1, -0.05) is 18.5 Å². The highest BCUT2D eigenvalue weighted by atomic mass is 35.5. The lowest BCUT2D eigenvalue weighted by atomic mass is 10.1. The molecule has 0 spiro atoms. The van der Waals surface area contributed by atoms with E-state index in [1.807, 2.05) is 0 Å². The van der Waals surface area contributed by atoms with Crippen molar-refractivity contribution in [2.24, 2.45) is 5.92 Å². The number of H-pyrrole nitrogens is 1. The van der Waals surface area contributed by atoms with Crippen molar-refractivity contribution in [1.29, 1.82) is 0 Å². The third-order valence-electron chi connectivity index (χ3n) is 2.18. The van der Waals surface area contributed by atoms with Crippen molar-refractivity contribution in [2.45, 2.75) is 13.3 Å². The number of carboxylic acid groups (broad SMARTS) is 1. The number of hydrogen-bond acceptors (Lipinski definition) is 2. The van der Waals surface area contributed by atoms with Gasteiger partial charge in [-0.05, 0) is 12.5 Å². The van der Waals surface area contributed by atoms with Crippen LogP contribution in [0.1, 0.15) is 23.8 Å². The summed E-state index contributed by atoms with van der Waals surface area (Å²) in [5.41, 5.74) is 0.368. The third-order valence-corrected chi connectivity index (χ3v) is 2.40. The zero-order chi connectivity index (χ0) is 12.1. The Labute approximate surface area is 97.8 Å². The summed E-state index contributed by atoms with van der Waals surface area (Å²) in [5, 5.41) is 11.7. The Hall–Kier alpha value is -1.49. The lowest BCUT2D eigenvalue weighted by Crippen LogP contribution is -2.27. The van der Waals surface area contributed by atoms with E-state index in [2.05, 4.69) is 10.3 Å². The number of halogens is 1. The molecule has 0 aromatic carbocycles. The van der Waals surface area contributed by atoms with Crippen LogP contribution in [0.4, 0.5) is 0 Å². The van der Waals surface area contributed by atoms with Crippen LogP contribution in [0.25, 0.3) is 0 Å². The maximum atomic E-state index is 11.5. The zero-order valence-electron chi connectivity index (χ0n) is 8.79. The quantitative estimate of drug-likeness (QED) is 0.734. The minimum atomic E-state index is -0.864. The van der Waals surface area contributed by atoms with Gasteiger partial charge in [-0.2, -0.15) is 0 Å². The fourth-order valence-corrected chi connectivity index (χ4v) is 1.28. The highest BCUT2D eigenvalue weighted by molar-refractivity contribution is 6.30. The van der Waals surface area contributed by atoms with Crippen LogP contribution >= 0.6 is 11.6 Å². The predicted molar refractivity (Wildman–Crippen MR) is 59.6 cm³/mol. The van der Waals surface area contributed by atoms with Crippen molar-refractivity contribution in [3.8, 4) is 0 Å². The average molecular weight is 245 g/mol. The smallest absolute Gasteiger partial charge is 0.306 e. The van der Waals surface area contributed by atoms with Gasteiger partial charge < -0.3 is 15.4 Å². The molecule has 88 valence electrons. The van der Waals surface area contributed by atoms with Crippen LogP contribution in [-0.4, -0.2) is 28.5 Å². The Morgan fingerprint density at radius 1 is 1.62 bits per heavy atom. The van der Waals surface area contributed by atoms with Gasteiger partial charge >= 0.3 is 5.97 Å². The van der Waals surface area contributed by atoms with Gasteiger partial charge in [-0.3, -0.25) is 9.59 Å². The van der Waals surface area contributed by atoms with E-state index in [0.717, 1.165) is 0 Å². The van der Waals surface area contributed by atoms with Crippen molar-refractivity contribution in [3.05, 3.63) is 23.0 Å². The predicted octanol–water partition coefficient (Wildman–Crippen LogP) is 1.51. The average Bonchev–Trinajstić information content (AvgIpc) is 2.64. The van der Waals surface area contributed by atoms with E-state index in [-0.39, 0.29) is 5.91 Å². The summed E-state index contributed by atoms with van der Waals surface area (Å²) in [6.45, 7) is 1.92. The first-order valence-corrected chi connectivity index (χ1v) is 5.23. The van der Waals surface area contributed by atoms with E-state index >= 15 is 0 Å². The molecule has 6 heteroatoms. The number of aliphatic carboxylic acids is 1. The first kappa shape index (κ1) is 12.6. The number of nitrogens with one attached hydrogen (secondary N) is 2. The first-order chi connectivity index (χ1) is 7.50. The van der Waals surface area contributed by atoms with E-state index < -0.39 is 11.9 Å². The van der Waals surface area contributed by atoms with Gasteiger partial charge in [-0.25, -0.2) is 0 Å². The van der Waals surface area contributed by atoms with E-state index in [4.69, 9.17) is 16.7 Å². The Morgan fingerprint density at radius 3 is 2.81 bits per heavy atom. The molecular formula is C10H13ClN2O3. The fourth-order valence-electron chi connectivity index (χ4n) is 1.12. The van der Waals surface area contributed by atoms with Crippen LogP contribution in [0.15, 0.2) is 12.3 Å². The van der Waals surface area contributed by atoms with Crippen LogP contribution in [0.2, 0.25) is 5.02 Å². The van der Waals surface area contributed by atoms with E-state index in [1.54, 1.807) is 6.92 Å². The van der Waals surface area contributed by atoms with Crippen molar-refractivity contribution in [2.75, 3.05) is 6.54 Å². The second-order valence-electron chi connectivity index (χ2n) is 3.52. The standard InChI is InChI=1S/C10H13ClN2O3/c1-6(10(15)16)2-3-12-9(14)8-4-7(11)5-13-8/h4-6,13H,2-3H2,1H3,(H,12,14)(H,15,16). The number of hydrogen-bond donors (Lipinski definition) is 3. The molecule has 3 N–H and O–H groups in total. The third kappa shape index (κ3) is 3.58. The van der Waals surface area contributed by atoms with Crippen LogP contribution < -0.4 is 5.32 Å². The molecule has 0 bridgehead atoms. The van der Waals surface area contributed by atoms with Gasteiger partial charge in [0.2, 0.25) is 0 Å². The molecule has 0 aliphatic rings. The summed E-state index contributed by atoms with van der Waals surface area (Å²) in [7, 11) is 0. The molecule has 1 aromatic heterocycles. The topological polar surface area (TPSA) is 82.2 Å². The molecule has 0 fully saturated rings. The Kier molecular flexibility index (Phi) is 4.37. The van der Waals surface area contributed by atoms with E-state index in [9.17, 15) is 9.59 Å². The molecular weight excluding hydrogens is 232 g/mol. The second-order valence-corrected chi connectivity index (χ2v) is 3.95. The number of aromatic nitrogens is 1. The number of rotatable bonds is 5.